The first-order valence-electron chi connectivity index (χ1n) is 6.09. The van der Waals surface area contributed by atoms with Crippen molar-refractivity contribution in [3.8, 4) is 0 Å². The van der Waals surface area contributed by atoms with E-state index >= 15 is 0 Å². The Bertz CT molecular complexity index is 343. The standard InChI is InChI=1S/C12H20N2O2/c1-2-14-10(6-9-13-14)11(15)12(16)7-4-3-5-8-12/h6,9,11,15-16H,2-5,7-8H2,1H3. The summed E-state index contributed by atoms with van der Waals surface area (Å²) in [6, 6.07) is 1.79. The largest absolute Gasteiger partial charge is 0.387 e. The molecule has 1 aliphatic rings. The van der Waals surface area contributed by atoms with Crippen LogP contribution in [-0.4, -0.2) is 25.6 Å². The van der Waals surface area contributed by atoms with Gasteiger partial charge in [-0.05, 0) is 25.8 Å². The van der Waals surface area contributed by atoms with E-state index in [9.17, 15) is 10.2 Å². The number of rotatable bonds is 3. The highest BCUT2D eigenvalue weighted by Gasteiger charge is 2.39. The molecular weight excluding hydrogens is 204 g/mol. The van der Waals surface area contributed by atoms with Gasteiger partial charge in [-0.3, -0.25) is 4.68 Å². The van der Waals surface area contributed by atoms with E-state index in [2.05, 4.69) is 5.10 Å². The monoisotopic (exact) mass is 224 g/mol. The topological polar surface area (TPSA) is 58.3 Å². The molecule has 1 unspecified atom stereocenters. The second kappa shape index (κ2) is 4.55. The van der Waals surface area contributed by atoms with Crippen molar-refractivity contribution in [2.75, 3.05) is 0 Å². The van der Waals surface area contributed by atoms with Crippen LogP contribution in [0.1, 0.15) is 50.8 Å². The van der Waals surface area contributed by atoms with Crippen LogP contribution < -0.4 is 0 Å². The molecule has 0 aromatic carbocycles. The van der Waals surface area contributed by atoms with Gasteiger partial charge >= 0.3 is 0 Å². The molecule has 0 radical (unpaired) electrons. The molecule has 1 saturated carbocycles. The molecule has 2 N–H and O–H groups in total. The molecule has 1 fully saturated rings. The molecule has 1 heterocycles. The summed E-state index contributed by atoms with van der Waals surface area (Å²) in [4.78, 5) is 0. The molecule has 0 bridgehead atoms. The minimum atomic E-state index is -0.953. The molecule has 16 heavy (non-hydrogen) atoms. The lowest BCUT2D eigenvalue weighted by Gasteiger charge is -2.36. The maximum Gasteiger partial charge on any atom is 0.124 e. The maximum absolute atomic E-state index is 10.4. The van der Waals surface area contributed by atoms with Crippen molar-refractivity contribution in [3.63, 3.8) is 0 Å². The average Bonchev–Trinajstić information content (AvgIpc) is 2.77. The van der Waals surface area contributed by atoms with Gasteiger partial charge in [0.25, 0.3) is 0 Å². The van der Waals surface area contributed by atoms with E-state index < -0.39 is 11.7 Å². The molecular formula is C12H20N2O2. The van der Waals surface area contributed by atoms with Gasteiger partial charge in [0.2, 0.25) is 0 Å². The van der Waals surface area contributed by atoms with Crippen molar-refractivity contribution in [3.05, 3.63) is 18.0 Å². The van der Waals surface area contributed by atoms with Crippen molar-refractivity contribution in [2.24, 2.45) is 0 Å². The Morgan fingerprint density at radius 1 is 1.44 bits per heavy atom. The van der Waals surface area contributed by atoms with Crippen LogP contribution in [0.3, 0.4) is 0 Å². The third-order valence-electron chi connectivity index (χ3n) is 3.56. The Kier molecular flexibility index (Phi) is 3.30. The number of aromatic nitrogens is 2. The first-order chi connectivity index (χ1) is 7.67. The maximum atomic E-state index is 10.4. The highest BCUT2D eigenvalue weighted by Crippen LogP contribution is 2.38. The van der Waals surface area contributed by atoms with Crippen LogP contribution in [0.15, 0.2) is 12.3 Å². The molecule has 0 spiro atoms. The zero-order valence-corrected chi connectivity index (χ0v) is 9.76. The second-order valence-corrected chi connectivity index (χ2v) is 4.64. The number of hydrogen-bond donors (Lipinski definition) is 2. The Hall–Kier alpha value is -0.870. The van der Waals surface area contributed by atoms with Crippen LogP contribution >= 0.6 is 0 Å². The summed E-state index contributed by atoms with van der Waals surface area (Å²) in [6.45, 7) is 2.70. The molecule has 0 amide bonds. The zero-order valence-electron chi connectivity index (χ0n) is 9.76. The molecule has 1 aliphatic carbocycles. The highest BCUT2D eigenvalue weighted by atomic mass is 16.3. The summed E-state index contributed by atoms with van der Waals surface area (Å²) < 4.78 is 1.75. The molecule has 1 atom stereocenters. The quantitative estimate of drug-likeness (QED) is 0.820. The Morgan fingerprint density at radius 3 is 2.75 bits per heavy atom. The van der Waals surface area contributed by atoms with Gasteiger partial charge in [-0.25, -0.2) is 0 Å². The fourth-order valence-corrected chi connectivity index (χ4v) is 2.55. The Morgan fingerprint density at radius 2 is 2.12 bits per heavy atom. The van der Waals surface area contributed by atoms with E-state index in [0.717, 1.165) is 31.5 Å². The lowest BCUT2D eigenvalue weighted by atomic mass is 9.79. The van der Waals surface area contributed by atoms with Gasteiger partial charge < -0.3 is 10.2 Å². The predicted octanol–water partition coefficient (Wildman–Crippen LogP) is 1.63. The van der Waals surface area contributed by atoms with E-state index in [0.29, 0.717) is 12.8 Å². The predicted molar refractivity (Wildman–Crippen MR) is 60.9 cm³/mol. The lowest BCUT2D eigenvalue weighted by molar-refractivity contribution is -0.102. The van der Waals surface area contributed by atoms with Gasteiger partial charge in [-0.2, -0.15) is 5.10 Å². The molecule has 2 rings (SSSR count). The first-order valence-corrected chi connectivity index (χ1v) is 6.09. The third kappa shape index (κ3) is 1.99. The van der Waals surface area contributed by atoms with Gasteiger partial charge in [0.15, 0.2) is 0 Å². The van der Waals surface area contributed by atoms with Crippen LogP contribution in [-0.2, 0) is 6.54 Å². The highest BCUT2D eigenvalue weighted by molar-refractivity contribution is 5.10. The van der Waals surface area contributed by atoms with Gasteiger partial charge in [-0.1, -0.05) is 19.3 Å². The molecule has 1 aromatic heterocycles. The van der Waals surface area contributed by atoms with Gasteiger partial charge in [0, 0.05) is 12.7 Å². The summed E-state index contributed by atoms with van der Waals surface area (Å²) in [7, 11) is 0. The summed E-state index contributed by atoms with van der Waals surface area (Å²) in [5.74, 6) is 0. The third-order valence-corrected chi connectivity index (χ3v) is 3.56. The normalized spacial score (nSPS) is 21.9. The van der Waals surface area contributed by atoms with Crippen molar-refractivity contribution in [1.82, 2.24) is 9.78 Å². The van der Waals surface area contributed by atoms with E-state index in [-0.39, 0.29) is 0 Å². The van der Waals surface area contributed by atoms with E-state index in [1.165, 1.54) is 0 Å². The summed E-state index contributed by atoms with van der Waals surface area (Å²) >= 11 is 0. The molecule has 4 nitrogen and oxygen atoms in total. The van der Waals surface area contributed by atoms with E-state index in [1.807, 2.05) is 6.92 Å². The second-order valence-electron chi connectivity index (χ2n) is 4.64. The van der Waals surface area contributed by atoms with E-state index in [1.54, 1.807) is 16.9 Å². The Labute approximate surface area is 95.9 Å². The number of nitrogens with zero attached hydrogens (tertiary/aromatic N) is 2. The number of aliphatic hydroxyl groups excluding tert-OH is 1. The van der Waals surface area contributed by atoms with Crippen molar-refractivity contribution < 1.29 is 10.2 Å². The fraction of sp³-hybridized carbons (Fsp3) is 0.750. The van der Waals surface area contributed by atoms with Crippen LogP contribution in [0.25, 0.3) is 0 Å². The van der Waals surface area contributed by atoms with E-state index in [4.69, 9.17) is 0 Å². The summed E-state index contributed by atoms with van der Waals surface area (Å²) in [5, 5.41) is 24.9. The number of aryl methyl sites for hydroxylation is 1. The molecule has 0 aliphatic heterocycles. The number of hydrogen-bond acceptors (Lipinski definition) is 3. The SMILES string of the molecule is CCn1nccc1C(O)C1(O)CCCCC1. The van der Waals surface area contributed by atoms with Crippen LogP contribution in [0.2, 0.25) is 0 Å². The average molecular weight is 224 g/mol. The van der Waals surface area contributed by atoms with Crippen LogP contribution in [0.5, 0.6) is 0 Å². The molecule has 4 heteroatoms. The van der Waals surface area contributed by atoms with Crippen LogP contribution in [0.4, 0.5) is 0 Å². The van der Waals surface area contributed by atoms with Gasteiger partial charge in [0.1, 0.15) is 6.10 Å². The van der Waals surface area contributed by atoms with Gasteiger partial charge in [0.05, 0.1) is 11.3 Å². The summed E-state index contributed by atoms with van der Waals surface area (Å²) in [5.41, 5.74) is -0.225. The van der Waals surface area contributed by atoms with Gasteiger partial charge in [-0.15, -0.1) is 0 Å². The lowest BCUT2D eigenvalue weighted by Crippen LogP contribution is -2.39. The van der Waals surface area contributed by atoms with Crippen molar-refractivity contribution >= 4 is 0 Å². The summed E-state index contributed by atoms with van der Waals surface area (Å²) in [6.07, 6.45) is 5.37. The fourth-order valence-electron chi connectivity index (χ4n) is 2.55. The van der Waals surface area contributed by atoms with Crippen molar-refractivity contribution in [1.29, 1.82) is 0 Å². The number of aliphatic hydroxyl groups is 2. The Balaban J connectivity index is 2.20. The smallest absolute Gasteiger partial charge is 0.124 e. The minimum Gasteiger partial charge on any atom is -0.387 e. The molecule has 0 saturated heterocycles. The molecule has 1 aromatic rings. The first kappa shape index (κ1) is 11.6. The van der Waals surface area contributed by atoms with Crippen LogP contribution in [0, 0.1) is 0 Å². The molecule has 90 valence electrons. The van der Waals surface area contributed by atoms with Crippen molar-refractivity contribution in [2.45, 2.75) is 57.3 Å². The minimum absolute atomic E-state index is 0.684. The zero-order chi connectivity index (χ0) is 11.6.